The zero-order valence-corrected chi connectivity index (χ0v) is 31.2. The number of rotatable bonds is 7. The molecule has 1 heterocycles. The van der Waals surface area contributed by atoms with Gasteiger partial charge in [-0.25, -0.2) is 0 Å². The standard InChI is InChI=1S/C54H41N/c1-54(2)50-19-11-9-17-46(50)47-31-29-43(36-51(47)54)44(33-37-21-25-40(26-22-37)39-13-5-3-6-14-39)34-38-23-27-41(28-24-38)42-30-32-53-49(35-42)48-18-10-12-20-52(48)55(53)45-15-7-4-8-16-45/h3-32,34-36H,33H2,1-2H3/b44-34-. The Morgan fingerprint density at radius 1 is 0.473 bits per heavy atom. The molecule has 0 amide bonds. The van der Waals surface area contributed by atoms with Crippen LogP contribution in [0, 0.1) is 0 Å². The van der Waals surface area contributed by atoms with Crippen molar-refractivity contribution in [2.45, 2.75) is 25.7 Å². The van der Waals surface area contributed by atoms with Gasteiger partial charge in [0.05, 0.1) is 11.0 Å². The molecule has 8 aromatic carbocycles. The lowest BCUT2D eigenvalue weighted by molar-refractivity contribution is 0.660. The van der Waals surface area contributed by atoms with Gasteiger partial charge in [-0.3, -0.25) is 0 Å². The summed E-state index contributed by atoms with van der Waals surface area (Å²) in [4.78, 5) is 0. The summed E-state index contributed by atoms with van der Waals surface area (Å²) in [5.41, 5.74) is 19.1. The summed E-state index contributed by atoms with van der Waals surface area (Å²) in [5, 5.41) is 2.54. The van der Waals surface area contributed by atoms with E-state index in [1.54, 1.807) is 0 Å². The van der Waals surface area contributed by atoms with Gasteiger partial charge in [0.25, 0.3) is 0 Å². The highest BCUT2D eigenvalue weighted by Crippen LogP contribution is 2.49. The van der Waals surface area contributed by atoms with Crippen LogP contribution in [0.4, 0.5) is 0 Å². The summed E-state index contributed by atoms with van der Waals surface area (Å²) in [6.07, 6.45) is 3.23. The molecule has 0 N–H and O–H groups in total. The first-order valence-electron chi connectivity index (χ1n) is 19.3. The minimum absolute atomic E-state index is 0.0550. The Hall–Kier alpha value is -6.70. The van der Waals surface area contributed by atoms with Crippen molar-refractivity contribution >= 4 is 33.5 Å². The fourth-order valence-electron chi connectivity index (χ4n) is 8.79. The average molecular weight is 704 g/mol. The molecule has 0 fully saturated rings. The number of benzene rings is 8. The lowest BCUT2D eigenvalue weighted by atomic mass is 9.81. The molecule has 55 heavy (non-hydrogen) atoms. The maximum atomic E-state index is 2.45. The summed E-state index contributed by atoms with van der Waals surface area (Å²) in [6, 6.07) is 71.1. The van der Waals surface area contributed by atoms with Crippen molar-refractivity contribution in [2.75, 3.05) is 0 Å². The summed E-state index contributed by atoms with van der Waals surface area (Å²) in [5.74, 6) is 0. The smallest absolute Gasteiger partial charge is 0.0541 e. The van der Waals surface area contributed by atoms with Crippen molar-refractivity contribution in [3.05, 3.63) is 222 Å². The van der Waals surface area contributed by atoms with E-state index in [2.05, 4.69) is 219 Å². The quantitative estimate of drug-likeness (QED) is 0.146. The third-order valence-electron chi connectivity index (χ3n) is 11.7. The molecule has 262 valence electrons. The predicted octanol–water partition coefficient (Wildman–Crippen LogP) is 14.2. The monoisotopic (exact) mass is 703 g/mol. The number of allylic oxidation sites excluding steroid dienone is 1. The minimum Gasteiger partial charge on any atom is -0.309 e. The molecule has 10 rings (SSSR count). The van der Waals surface area contributed by atoms with Gasteiger partial charge in [-0.15, -0.1) is 0 Å². The Bertz CT molecular complexity index is 2870. The second kappa shape index (κ2) is 13.3. The van der Waals surface area contributed by atoms with Crippen LogP contribution in [0.2, 0.25) is 0 Å². The first-order valence-corrected chi connectivity index (χ1v) is 19.3. The highest BCUT2D eigenvalue weighted by Gasteiger charge is 2.35. The lowest BCUT2D eigenvalue weighted by Gasteiger charge is -2.22. The first-order chi connectivity index (χ1) is 27.0. The van der Waals surface area contributed by atoms with Crippen LogP contribution in [0.15, 0.2) is 194 Å². The van der Waals surface area contributed by atoms with E-state index >= 15 is 0 Å². The number of hydrogen-bond donors (Lipinski definition) is 0. The largest absolute Gasteiger partial charge is 0.309 e. The van der Waals surface area contributed by atoms with Crippen molar-refractivity contribution in [1.29, 1.82) is 0 Å². The highest BCUT2D eigenvalue weighted by atomic mass is 15.0. The summed E-state index contributed by atoms with van der Waals surface area (Å²) < 4.78 is 2.37. The maximum absolute atomic E-state index is 2.45. The molecule has 0 radical (unpaired) electrons. The zero-order chi connectivity index (χ0) is 36.9. The van der Waals surface area contributed by atoms with Gasteiger partial charge in [0.15, 0.2) is 0 Å². The number of hydrogen-bond acceptors (Lipinski definition) is 0. The lowest BCUT2D eigenvalue weighted by Crippen LogP contribution is -2.15. The minimum atomic E-state index is -0.0550. The van der Waals surface area contributed by atoms with E-state index in [0.29, 0.717) is 0 Å². The van der Waals surface area contributed by atoms with E-state index in [-0.39, 0.29) is 5.41 Å². The van der Waals surface area contributed by atoms with Crippen molar-refractivity contribution in [3.8, 4) is 39.1 Å². The van der Waals surface area contributed by atoms with E-state index in [9.17, 15) is 0 Å². The van der Waals surface area contributed by atoms with Gasteiger partial charge in [0.1, 0.15) is 0 Å². The second-order valence-corrected chi connectivity index (χ2v) is 15.4. The second-order valence-electron chi connectivity index (χ2n) is 15.4. The average Bonchev–Trinajstić information content (AvgIpc) is 3.69. The molecule has 1 heteroatoms. The Morgan fingerprint density at radius 3 is 1.87 bits per heavy atom. The Morgan fingerprint density at radius 2 is 1.07 bits per heavy atom. The molecule has 0 spiro atoms. The summed E-state index contributed by atoms with van der Waals surface area (Å²) >= 11 is 0. The van der Waals surface area contributed by atoms with Crippen LogP contribution in [0.1, 0.15) is 41.7 Å². The fourth-order valence-corrected chi connectivity index (χ4v) is 8.79. The van der Waals surface area contributed by atoms with Crippen LogP contribution in [0.25, 0.3) is 72.5 Å². The van der Waals surface area contributed by atoms with Crippen molar-refractivity contribution in [1.82, 2.24) is 4.57 Å². The van der Waals surface area contributed by atoms with E-state index in [1.165, 1.54) is 94.3 Å². The van der Waals surface area contributed by atoms with Gasteiger partial charge < -0.3 is 4.57 Å². The molecule has 0 saturated heterocycles. The Labute approximate surface area is 323 Å². The van der Waals surface area contributed by atoms with Gasteiger partial charge in [-0.05, 0) is 110 Å². The molecule has 0 bridgehead atoms. The molecule has 0 saturated carbocycles. The van der Waals surface area contributed by atoms with Gasteiger partial charge in [-0.1, -0.05) is 178 Å². The molecular weight excluding hydrogens is 663 g/mol. The van der Waals surface area contributed by atoms with Gasteiger partial charge in [0, 0.05) is 21.9 Å². The Balaban J connectivity index is 1.02. The SMILES string of the molecule is CC1(C)c2ccccc2-c2ccc(/C(=C\c3ccc(-c4ccc5c(c4)c4ccccc4n5-c4ccccc4)cc3)Cc3ccc(-c4ccccc4)cc3)cc21. The van der Waals surface area contributed by atoms with E-state index in [4.69, 9.17) is 0 Å². The van der Waals surface area contributed by atoms with Crippen molar-refractivity contribution in [3.63, 3.8) is 0 Å². The van der Waals surface area contributed by atoms with E-state index < -0.39 is 0 Å². The summed E-state index contributed by atoms with van der Waals surface area (Å²) in [7, 11) is 0. The van der Waals surface area contributed by atoms with E-state index in [1.807, 2.05) is 0 Å². The molecular formula is C54H41N. The van der Waals surface area contributed by atoms with Gasteiger partial charge in [-0.2, -0.15) is 0 Å². The summed E-state index contributed by atoms with van der Waals surface area (Å²) in [6.45, 7) is 4.73. The maximum Gasteiger partial charge on any atom is 0.0541 e. The normalized spacial score (nSPS) is 13.2. The molecule has 1 aliphatic rings. The zero-order valence-electron chi connectivity index (χ0n) is 31.2. The van der Waals surface area contributed by atoms with Crippen LogP contribution in [-0.2, 0) is 11.8 Å². The first kappa shape index (κ1) is 32.9. The molecule has 1 aromatic heterocycles. The number of nitrogens with zero attached hydrogens (tertiary/aromatic N) is 1. The van der Waals surface area contributed by atoms with Crippen LogP contribution in [0.3, 0.4) is 0 Å². The van der Waals surface area contributed by atoms with Crippen LogP contribution < -0.4 is 0 Å². The molecule has 9 aromatic rings. The van der Waals surface area contributed by atoms with Gasteiger partial charge in [0.2, 0.25) is 0 Å². The number of aromatic nitrogens is 1. The van der Waals surface area contributed by atoms with Gasteiger partial charge >= 0.3 is 0 Å². The Kier molecular flexibility index (Phi) is 7.96. The van der Waals surface area contributed by atoms with Crippen LogP contribution >= 0.6 is 0 Å². The third-order valence-corrected chi connectivity index (χ3v) is 11.7. The molecule has 1 nitrogen and oxygen atoms in total. The highest BCUT2D eigenvalue weighted by molar-refractivity contribution is 6.10. The molecule has 0 unspecified atom stereocenters. The van der Waals surface area contributed by atoms with Crippen molar-refractivity contribution < 1.29 is 0 Å². The fraction of sp³-hybridized carbons (Fsp3) is 0.0741. The predicted molar refractivity (Wildman–Crippen MR) is 234 cm³/mol. The van der Waals surface area contributed by atoms with Crippen LogP contribution in [0.5, 0.6) is 0 Å². The van der Waals surface area contributed by atoms with Crippen molar-refractivity contribution in [2.24, 2.45) is 0 Å². The number of fused-ring (bicyclic) bond motifs is 6. The molecule has 1 aliphatic carbocycles. The third kappa shape index (κ3) is 5.81. The molecule has 0 aliphatic heterocycles. The van der Waals surface area contributed by atoms with Crippen LogP contribution in [-0.4, -0.2) is 4.57 Å². The topological polar surface area (TPSA) is 4.93 Å². The molecule has 0 atom stereocenters. The van der Waals surface area contributed by atoms with E-state index in [0.717, 1.165) is 6.42 Å². The number of para-hydroxylation sites is 2.